The van der Waals surface area contributed by atoms with E-state index >= 15 is 0 Å². The first kappa shape index (κ1) is 25.5. The Kier molecular flexibility index (Phi) is 8.02. The van der Waals surface area contributed by atoms with Crippen molar-refractivity contribution in [3.63, 3.8) is 0 Å². The van der Waals surface area contributed by atoms with E-state index in [0.29, 0.717) is 29.5 Å². The molecule has 2 aliphatic heterocycles. The highest BCUT2D eigenvalue weighted by Crippen LogP contribution is 2.44. The van der Waals surface area contributed by atoms with Crippen molar-refractivity contribution < 1.29 is 23.4 Å². The number of ether oxygens (including phenoxy) is 3. The van der Waals surface area contributed by atoms with Crippen LogP contribution in [0.3, 0.4) is 0 Å². The zero-order valence-corrected chi connectivity index (χ0v) is 21.4. The number of rotatable bonds is 7. The number of carbonyl (C=O) groups excluding carboxylic acids is 1. The number of nitrogens with zero attached hydrogens (tertiary/aromatic N) is 1. The van der Waals surface area contributed by atoms with E-state index in [1.807, 2.05) is 30.3 Å². The number of hydrogen-bond acceptors (Lipinski definition) is 5. The lowest BCUT2D eigenvalue weighted by Crippen LogP contribution is -2.26. The second-order valence-corrected chi connectivity index (χ2v) is 10.4. The standard InChI is InChI=1S/C28H33ClFNO4/c1-28(2,3)27(32)35-24-12-11-23-22(6-4-17-33-26(23)25(24)29)19-7-9-20(10-8-19)34-21-13-16-31(18-21)15-5-14-30/h6-12,21H,4-5,13-18H2,1-3H3. The summed E-state index contributed by atoms with van der Waals surface area (Å²) >= 11 is 6.64. The Morgan fingerprint density at radius 2 is 1.97 bits per heavy atom. The fourth-order valence-corrected chi connectivity index (χ4v) is 4.51. The zero-order chi connectivity index (χ0) is 25.0. The normalized spacial score (nSPS) is 18.3. The monoisotopic (exact) mass is 501 g/mol. The van der Waals surface area contributed by atoms with Crippen molar-refractivity contribution in [3.05, 3.63) is 58.6 Å². The molecule has 2 aromatic rings. The van der Waals surface area contributed by atoms with Crippen LogP contribution >= 0.6 is 11.6 Å². The van der Waals surface area contributed by atoms with Crippen LogP contribution in [0.25, 0.3) is 5.57 Å². The molecule has 188 valence electrons. The number of carbonyl (C=O) groups is 1. The smallest absolute Gasteiger partial charge is 0.316 e. The summed E-state index contributed by atoms with van der Waals surface area (Å²) in [5, 5.41) is 0.298. The van der Waals surface area contributed by atoms with Gasteiger partial charge in [0.15, 0.2) is 5.75 Å². The molecular weight excluding hydrogens is 469 g/mol. The van der Waals surface area contributed by atoms with Gasteiger partial charge in [-0.1, -0.05) is 29.8 Å². The molecule has 0 aliphatic carbocycles. The summed E-state index contributed by atoms with van der Waals surface area (Å²) in [6.45, 7) is 8.16. The third kappa shape index (κ3) is 6.17. The maximum atomic E-state index is 12.4. The maximum absolute atomic E-state index is 12.4. The molecule has 0 spiro atoms. The lowest BCUT2D eigenvalue weighted by molar-refractivity contribution is -0.142. The van der Waals surface area contributed by atoms with Gasteiger partial charge in [0, 0.05) is 31.6 Å². The molecule has 1 saturated heterocycles. The fraction of sp³-hybridized carbons (Fsp3) is 0.464. The Morgan fingerprint density at radius 1 is 1.20 bits per heavy atom. The van der Waals surface area contributed by atoms with Crippen molar-refractivity contribution in [2.45, 2.75) is 46.1 Å². The van der Waals surface area contributed by atoms with E-state index in [2.05, 4.69) is 11.0 Å². The van der Waals surface area contributed by atoms with Crippen molar-refractivity contribution in [1.82, 2.24) is 4.90 Å². The number of likely N-dealkylation sites (tertiary alicyclic amines) is 1. The number of esters is 1. The predicted molar refractivity (Wildman–Crippen MR) is 136 cm³/mol. The summed E-state index contributed by atoms with van der Waals surface area (Å²) in [4.78, 5) is 14.6. The average molecular weight is 502 g/mol. The molecule has 4 rings (SSSR count). The van der Waals surface area contributed by atoms with Gasteiger partial charge in [-0.2, -0.15) is 0 Å². The molecule has 35 heavy (non-hydrogen) atoms. The van der Waals surface area contributed by atoms with Crippen LogP contribution in [-0.4, -0.2) is 49.9 Å². The maximum Gasteiger partial charge on any atom is 0.316 e. The summed E-state index contributed by atoms with van der Waals surface area (Å²) in [6, 6.07) is 11.6. The molecule has 1 fully saturated rings. The molecule has 1 atom stereocenters. The molecule has 2 aliphatic rings. The average Bonchev–Trinajstić information content (AvgIpc) is 3.15. The van der Waals surface area contributed by atoms with Gasteiger partial charge in [-0.15, -0.1) is 0 Å². The second kappa shape index (κ2) is 11.0. The van der Waals surface area contributed by atoms with E-state index in [4.69, 9.17) is 25.8 Å². The van der Waals surface area contributed by atoms with Gasteiger partial charge in [-0.25, -0.2) is 0 Å². The minimum Gasteiger partial charge on any atom is -0.491 e. The first-order valence-electron chi connectivity index (χ1n) is 12.2. The van der Waals surface area contributed by atoms with Crippen molar-refractivity contribution in [2.24, 2.45) is 5.41 Å². The van der Waals surface area contributed by atoms with Crippen LogP contribution in [-0.2, 0) is 4.79 Å². The van der Waals surface area contributed by atoms with Crippen LogP contribution in [0.4, 0.5) is 4.39 Å². The van der Waals surface area contributed by atoms with E-state index in [0.717, 1.165) is 54.9 Å². The van der Waals surface area contributed by atoms with Gasteiger partial charge < -0.3 is 14.2 Å². The quantitative estimate of drug-likeness (QED) is 0.328. The number of alkyl halides is 1. The third-order valence-electron chi connectivity index (χ3n) is 6.18. The van der Waals surface area contributed by atoms with Gasteiger partial charge in [-0.05, 0) is 69.0 Å². The summed E-state index contributed by atoms with van der Waals surface area (Å²) in [6.07, 6.45) is 4.52. The summed E-state index contributed by atoms with van der Waals surface area (Å²) in [5.41, 5.74) is 2.25. The van der Waals surface area contributed by atoms with Gasteiger partial charge in [0.2, 0.25) is 0 Å². The molecule has 0 aromatic heterocycles. The van der Waals surface area contributed by atoms with Gasteiger partial charge in [0.25, 0.3) is 0 Å². The molecule has 0 radical (unpaired) electrons. The molecule has 2 heterocycles. The topological polar surface area (TPSA) is 48.0 Å². The number of hydrogen-bond donors (Lipinski definition) is 0. The van der Waals surface area contributed by atoms with Crippen LogP contribution in [0.1, 0.15) is 51.2 Å². The molecule has 0 bridgehead atoms. The van der Waals surface area contributed by atoms with Crippen LogP contribution in [0, 0.1) is 5.41 Å². The van der Waals surface area contributed by atoms with E-state index in [1.165, 1.54) is 0 Å². The predicted octanol–water partition coefficient (Wildman–Crippen LogP) is 6.32. The Labute approximate surface area is 211 Å². The zero-order valence-electron chi connectivity index (χ0n) is 20.6. The van der Waals surface area contributed by atoms with E-state index < -0.39 is 5.41 Å². The highest BCUT2D eigenvalue weighted by atomic mass is 35.5. The molecule has 5 nitrogen and oxygen atoms in total. The van der Waals surface area contributed by atoms with E-state index in [1.54, 1.807) is 26.8 Å². The Morgan fingerprint density at radius 3 is 2.69 bits per heavy atom. The highest BCUT2D eigenvalue weighted by Gasteiger charge is 2.27. The van der Waals surface area contributed by atoms with Crippen molar-refractivity contribution in [2.75, 3.05) is 32.9 Å². The molecule has 7 heteroatoms. The Hall–Kier alpha value is -2.57. The molecule has 0 saturated carbocycles. The summed E-state index contributed by atoms with van der Waals surface area (Å²) in [7, 11) is 0. The lowest BCUT2D eigenvalue weighted by Gasteiger charge is -2.19. The van der Waals surface area contributed by atoms with Gasteiger partial charge in [0.05, 0.1) is 18.7 Å². The number of halogens is 2. The summed E-state index contributed by atoms with van der Waals surface area (Å²) < 4.78 is 30.1. The van der Waals surface area contributed by atoms with Crippen LogP contribution in [0.2, 0.25) is 5.02 Å². The molecule has 1 unspecified atom stereocenters. The largest absolute Gasteiger partial charge is 0.491 e. The minimum absolute atomic E-state index is 0.125. The molecule has 2 aromatic carbocycles. The van der Waals surface area contributed by atoms with Gasteiger partial charge in [-0.3, -0.25) is 14.1 Å². The summed E-state index contributed by atoms with van der Waals surface area (Å²) in [5.74, 6) is 1.29. The fourth-order valence-electron chi connectivity index (χ4n) is 4.26. The van der Waals surface area contributed by atoms with Gasteiger partial charge in [0.1, 0.15) is 22.6 Å². The molecule has 0 amide bonds. The SMILES string of the molecule is CC(C)(C)C(=O)Oc1ccc2c(c1Cl)OCCC=C2c1ccc(OC2CCN(CCCF)C2)cc1. The van der Waals surface area contributed by atoms with Gasteiger partial charge >= 0.3 is 5.97 Å². The Bertz CT molecular complexity index is 1080. The highest BCUT2D eigenvalue weighted by molar-refractivity contribution is 6.34. The van der Waals surface area contributed by atoms with Crippen LogP contribution < -0.4 is 14.2 Å². The third-order valence-corrected chi connectivity index (χ3v) is 6.54. The van der Waals surface area contributed by atoms with E-state index in [-0.39, 0.29) is 18.7 Å². The second-order valence-electron chi connectivity index (χ2n) is 10.0. The number of fused-ring (bicyclic) bond motifs is 1. The van der Waals surface area contributed by atoms with Crippen LogP contribution in [0.5, 0.6) is 17.2 Å². The lowest BCUT2D eigenvalue weighted by atomic mass is 9.96. The molecular formula is C28H33ClFNO4. The number of benzene rings is 2. The van der Waals surface area contributed by atoms with Crippen molar-refractivity contribution >= 4 is 23.1 Å². The minimum atomic E-state index is -0.642. The first-order valence-corrected chi connectivity index (χ1v) is 12.6. The first-order chi connectivity index (χ1) is 16.8. The van der Waals surface area contributed by atoms with Crippen molar-refractivity contribution in [1.29, 1.82) is 0 Å². The molecule has 0 N–H and O–H groups in total. The Balaban J connectivity index is 1.49. The van der Waals surface area contributed by atoms with Crippen LogP contribution in [0.15, 0.2) is 42.5 Å². The van der Waals surface area contributed by atoms with E-state index in [9.17, 15) is 9.18 Å². The van der Waals surface area contributed by atoms with Crippen molar-refractivity contribution in [3.8, 4) is 17.2 Å².